The maximum absolute atomic E-state index is 11.9. The summed E-state index contributed by atoms with van der Waals surface area (Å²) < 4.78 is 5.26. The van der Waals surface area contributed by atoms with E-state index in [2.05, 4.69) is 0 Å². The van der Waals surface area contributed by atoms with Gasteiger partial charge in [0.25, 0.3) is 0 Å². The third-order valence-electron chi connectivity index (χ3n) is 3.02. The molecule has 92 valence electrons. The van der Waals surface area contributed by atoms with Crippen LogP contribution in [0, 0.1) is 0 Å². The van der Waals surface area contributed by atoms with Crippen LogP contribution in [0.3, 0.4) is 0 Å². The topological polar surface area (TPSA) is 49.8 Å². The molecule has 4 heteroatoms. The summed E-state index contributed by atoms with van der Waals surface area (Å²) >= 11 is 0. The number of rotatable bonds is 2. The number of hydrogen-bond donors (Lipinski definition) is 1. The number of likely N-dealkylation sites (tertiary alicyclic amines) is 1. The Morgan fingerprint density at radius 2 is 2.12 bits per heavy atom. The van der Waals surface area contributed by atoms with E-state index in [1.54, 1.807) is 17.0 Å². The van der Waals surface area contributed by atoms with Crippen LogP contribution in [0.25, 0.3) is 0 Å². The summed E-state index contributed by atoms with van der Waals surface area (Å²) in [4.78, 5) is 13.6. The van der Waals surface area contributed by atoms with E-state index in [-0.39, 0.29) is 18.7 Å². The van der Waals surface area contributed by atoms with E-state index in [1.165, 1.54) is 0 Å². The lowest BCUT2D eigenvalue weighted by molar-refractivity contribution is 0.0825. The Balaban J connectivity index is 1.99. The Kier molecular flexibility index (Phi) is 3.98. The van der Waals surface area contributed by atoms with Crippen LogP contribution in [-0.2, 0) is 0 Å². The summed E-state index contributed by atoms with van der Waals surface area (Å²) in [7, 11) is 0. The van der Waals surface area contributed by atoms with E-state index in [1.807, 2.05) is 18.2 Å². The van der Waals surface area contributed by atoms with Gasteiger partial charge < -0.3 is 14.7 Å². The van der Waals surface area contributed by atoms with Crippen molar-refractivity contribution in [3.63, 3.8) is 0 Å². The van der Waals surface area contributed by atoms with Crippen LogP contribution in [0.2, 0.25) is 0 Å². The van der Waals surface area contributed by atoms with E-state index in [0.29, 0.717) is 12.3 Å². The van der Waals surface area contributed by atoms with Gasteiger partial charge in [-0.05, 0) is 31.4 Å². The standard InChI is InChI=1S/C13H17NO3/c15-10-11-6-4-5-9-14(11)13(16)17-12-7-2-1-3-8-12/h1-3,7-8,11,15H,4-6,9-10H2. The first-order chi connectivity index (χ1) is 8.31. The average Bonchev–Trinajstić information content (AvgIpc) is 2.40. The highest BCUT2D eigenvalue weighted by atomic mass is 16.6. The molecule has 0 bridgehead atoms. The molecule has 17 heavy (non-hydrogen) atoms. The van der Waals surface area contributed by atoms with Crippen molar-refractivity contribution in [3.05, 3.63) is 30.3 Å². The fourth-order valence-electron chi connectivity index (χ4n) is 2.08. The second-order valence-corrected chi connectivity index (χ2v) is 4.21. The van der Waals surface area contributed by atoms with Crippen molar-refractivity contribution >= 4 is 6.09 Å². The molecule has 0 aliphatic carbocycles. The van der Waals surface area contributed by atoms with Crippen LogP contribution in [0.5, 0.6) is 5.75 Å². The lowest BCUT2D eigenvalue weighted by Crippen LogP contribution is -2.46. The van der Waals surface area contributed by atoms with Crippen LogP contribution in [0.15, 0.2) is 30.3 Å². The third kappa shape index (κ3) is 2.97. The number of nitrogens with zero attached hydrogens (tertiary/aromatic N) is 1. The summed E-state index contributed by atoms with van der Waals surface area (Å²) in [5, 5.41) is 9.23. The number of carbonyl (C=O) groups is 1. The predicted molar refractivity (Wildman–Crippen MR) is 63.9 cm³/mol. The fourth-order valence-corrected chi connectivity index (χ4v) is 2.08. The van der Waals surface area contributed by atoms with E-state index < -0.39 is 0 Å². The van der Waals surface area contributed by atoms with E-state index in [9.17, 15) is 9.90 Å². The maximum Gasteiger partial charge on any atom is 0.415 e. The van der Waals surface area contributed by atoms with Gasteiger partial charge >= 0.3 is 6.09 Å². The normalized spacial score (nSPS) is 20.1. The number of benzene rings is 1. The predicted octanol–water partition coefficient (Wildman–Crippen LogP) is 2.03. The molecule has 1 fully saturated rings. The Morgan fingerprint density at radius 1 is 1.35 bits per heavy atom. The van der Waals surface area contributed by atoms with Crippen molar-refractivity contribution in [2.24, 2.45) is 0 Å². The van der Waals surface area contributed by atoms with Gasteiger partial charge in [0, 0.05) is 6.54 Å². The molecule has 0 aromatic heterocycles. The molecule has 0 saturated carbocycles. The van der Waals surface area contributed by atoms with Crippen molar-refractivity contribution in [1.82, 2.24) is 4.90 Å². The first-order valence-electron chi connectivity index (χ1n) is 5.95. The van der Waals surface area contributed by atoms with E-state index in [0.717, 1.165) is 19.3 Å². The third-order valence-corrected chi connectivity index (χ3v) is 3.02. The van der Waals surface area contributed by atoms with Gasteiger partial charge in [-0.25, -0.2) is 4.79 Å². The first-order valence-corrected chi connectivity index (χ1v) is 5.95. The lowest BCUT2D eigenvalue weighted by atomic mass is 10.0. The monoisotopic (exact) mass is 235 g/mol. The lowest BCUT2D eigenvalue weighted by Gasteiger charge is -2.33. The molecule has 1 aliphatic rings. The molecular weight excluding hydrogens is 218 g/mol. The molecule has 1 aromatic rings. The molecule has 1 aliphatic heterocycles. The van der Waals surface area contributed by atoms with Gasteiger partial charge in [0.15, 0.2) is 0 Å². The molecule has 0 radical (unpaired) electrons. The summed E-state index contributed by atoms with van der Waals surface area (Å²) in [5.41, 5.74) is 0. The zero-order valence-corrected chi connectivity index (χ0v) is 9.71. The molecule has 1 aromatic carbocycles. The minimum atomic E-state index is -0.366. The van der Waals surface area contributed by atoms with Gasteiger partial charge in [-0.3, -0.25) is 0 Å². The van der Waals surface area contributed by atoms with Gasteiger partial charge in [-0.15, -0.1) is 0 Å². The van der Waals surface area contributed by atoms with Crippen molar-refractivity contribution < 1.29 is 14.6 Å². The second kappa shape index (κ2) is 5.68. The molecular formula is C13H17NO3. The second-order valence-electron chi connectivity index (χ2n) is 4.21. The molecule has 1 amide bonds. The SMILES string of the molecule is O=C(Oc1ccccc1)N1CCCCC1CO. The minimum absolute atomic E-state index is 0.00386. The van der Waals surface area contributed by atoms with Gasteiger partial charge in [-0.2, -0.15) is 0 Å². The number of para-hydroxylation sites is 1. The van der Waals surface area contributed by atoms with Crippen LogP contribution >= 0.6 is 0 Å². The summed E-state index contributed by atoms with van der Waals surface area (Å²) in [6.07, 6.45) is 2.51. The van der Waals surface area contributed by atoms with Crippen LogP contribution in [0.4, 0.5) is 4.79 Å². The number of hydrogen-bond acceptors (Lipinski definition) is 3. The van der Waals surface area contributed by atoms with Crippen LogP contribution in [0.1, 0.15) is 19.3 Å². The van der Waals surface area contributed by atoms with E-state index >= 15 is 0 Å². The van der Waals surface area contributed by atoms with Crippen LogP contribution in [-0.4, -0.2) is 35.3 Å². The number of amides is 1. The highest BCUT2D eigenvalue weighted by molar-refractivity contribution is 5.71. The van der Waals surface area contributed by atoms with Crippen LogP contribution < -0.4 is 4.74 Å². The fraction of sp³-hybridized carbons (Fsp3) is 0.462. The molecule has 4 nitrogen and oxygen atoms in total. The maximum atomic E-state index is 11.9. The van der Waals surface area contributed by atoms with E-state index in [4.69, 9.17) is 4.74 Å². The highest BCUT2D eigenvalue weighted by Gasteiger charge is 2.27. The molecule has 1 saturated heterocycles. The number of aliphatic hydroxyl groups excluding tert-OH is 1. The highest BCUT2D eigenvalue weighted by Crippen LogP contribution is 2.19. The van der Waals surface area contributed by atoms with Gasteiger partial charge in [-0.1, -0.05) is 18.2 Å². The Labute approximate surface area is 101 Å². The summed E-state index contributed by atoms with van der Waals surface area (Å²) in [6, 6.07) is 8.91. The Hall–Kier alpha value is -1.55. The number of piperidine rings is 1. The zero-order chi connectivity index (χ0) is 12.1. The quantitative estimate of drug-likeness (QED) is 0.853. The molecule has 1 unspecified atom stereocenters. The average molecular weight is 235 g/mol. The first kappa shape index (κ1) is 11.9. The van der Waals surface area contributed by atoms with Crippen molar-refractivity contribution in [2.45, 2.75) is 25.3 Å². The summed E-state index contributed by atoms with van der Waals surface area (Å²) in [6.45, 7) is 0.667. The number of aliphatic hydroxyl groups is 1. The van der Waals surface area contributed by atoms with Crippen molar-refractivity contribution in [2.75, 3.05) is 13.2 Å². The molecule has 2 rings (SSSR count). The number of ether oxygens (including phenoxy) is 1. The molecule has 1 atom stereocenters. The largest absolute Gasteiger partial charge is 0.415 e. The Morgan fingerprint density at radius 3 is 2.82 bits per heavy atom. The van der Waals surface area contributed by atoms with Crippen molar-refractivity contribution in [3.8, 4) is 5.75 Å². The van der Waals surface area contributed by atoms with Gasteiger partial charge in [0.2, 0.25) is 0 Å². The smallest absolute Gasteiger partial charge is 0.410 e. The molecule has 1 heterocycles. The van der Waals surface area contributed by atoms with Crippen molar-refractivity contribution in [1.29, 1.82) is 0 Å². The minimum Gasteiger partial charge on any atom is -0.410 e. The number of carbonyl (C=O) groups excluding carboxylic acids is 1. The summed E-state index contributed by atoms with van der Waals surface area (Å²) in [5.74, 6) is 0.541. The molecule has 1 N–H and O–H groups in total. The zero-order valence-electron chi connectivity index (χ0n) is 9.71. The van der Waals surface area contributed by atoms with Gasteiger partial charge in [0.1, 0.15) is 5.75 Å². The van der Waals surface area contributed by atoms with Gasteiger partial charge in [0.05, 0.1) is 12.6 Å². The molecule has 0 spiro atoms. The Bertz CT molecular complexity index is 366.